The highest BCUT2D eigenvalue weighted by molar-refractivity contribution is 7.26. The summed E-state index contributed by atoms with van der Waals surface area (Å²) in [6.45, 7) is 0. The van der Waals surface area contributed by atoms with Gasteiger partial charge in [-0.05, 0) is 35.4 Å². The average molecular weight is 580 g/mol. The van der Waals surface area contributed by atoms with Crippen molar-refractivity contribution in [2.24, 2.45) is 0 Å². The van der Waals surface area contributed by atoms with Gasteiger partial charge in [-0.25, -0.2) is 9.97 Å². The van der Waals surface area contributed by atoms with Crippen molar-refractivity contribution in [2.45, 2.75) is 0 Å². The predicted octanol–water partition coefficient (Wildman–Crippen LogP) is 10.9. The summed E-state index contributed by atoms with van der Waals surface area (Å²) in [7, 11) is 0. The highest BCUT2D eigenvalue weighted by atomic mass is 32.1. The van der Waals surface area contributed by atoms with Crippen molar-refractivity contribution in [3.05, 3.63) is 152 Å². The Morgan fingerprint density at radius 2 is 1.02 bits per heavy atom. The standard InChI is InChI=1S/C40H25N3S/c1-4-12-26(13-5-1)29-20-23-36-33(24-29)31-21-22-32-30-18-10-11-19-37(30)44-39(32)38(31)43(36)40-41-34(27-14-6-2-7-15-27)25-35(42-40)28-16-8-3-9-17-28/h1-25H. The molecule has 9 rings (SSSR count). The first-order valence-corrected chi connectivity index (χ1v) is 15.6. The molecule has 0 bridgehead atoms. The predicted molar refractivity (Wildman–Crippen MR) is 186 cm³/mol. The quantitative estimate of drug-likeness (QED) is 0.208. The van der Waals surface area contributed by atoms with Crippen LogP contribution in [0.4, 0.5) is 0 Å². The molecule has 0 saturated carbocycles. The summed E-state index contributed by atoms with van der Waals surface area (Å²) in [5.74, 6) is 0.669. The molecule has 0 fully saturated rings. The van der Waals surface area contributed by atoms with E-state index in [9.17, 15) is 0 Å². The fourth-order valence-corrected chi connectivity index (χ4v) is 7.59. The Labute approximate surface area is 258 Å². The molecule has 0 atom stereocenters. The third kappa shape index (κ3) is 3.96. The molecule has 0 saturated heterocycles. The minimum atomic E-state index is 0.669. The van der Waals surface area contributed by atoms with Crippen molar-refractivity contribution in [3.63, 3.8) is 0 Å². The molecule has 206 valence electrons. The Morgan fingerprint density at radius 3 is 1.70 bits per heavy atom. The van der Waals surface area contributed by atoms with Crippen LogP contribution in [0.1, 0.15) is 0 Å². The Bertz CT molecular complexity index is 2420. The molecule has 3 aromatic heterocycles. The van der Waals surface area contributed by atoms with Crippen LogP contribution in [0.5, 0.6) is 0 Å². The molecule has 0 amide bonds. The van der Waals surface area contributed by atoms with E-state index in [4.69, 9.17) is 9.97 Å². The van der Waals surface area contributed by atoms with Crippen LogP contribution in [0.3, 0.4) is 0 Å². The number of benzene rings is 6. The van der Waals surface area contributed by atoms with E-state index in [-0.39, 0.29) is 0 Å². The van der Waals surface area contributed by atoms with E-state index < -0.39 is 0 Å². The number of hydrogen-bond acceptors (Lipinski definition) is 3. The van der Waals surface area contributed by atoms with Crippen molar-refractivity contribution in [1.82, 2.24) is 14.5 Å². The summed E-state index contributed by atoms with van der Waals surface area (Å²) in [6, 6.07) is 53.5. The second-order valence-corrected chi connectivity index (χ2v) is 12.1. The smallest absolute Gasteiger partial charge is 0.235 e. The lowest BCUT2D eigenvalue weighted by Crippen LogP contribution is -2.04. The third-order valence-corrected chi connectivity index (χ3v) is 9.63. The Hall–Kier alpha value is -5.58. The van der Waals surface area contributed by atoms with E-state index in [2.05, 4.69) is 144 Å². The molecule has 0 aliphatic heterocycles. The molecular formula is C40H25N3S. The summed E-state index contributed by atoms with van der Waals surface area (Å²) >= 11 is 1.84. The van der Waals surface area contributed by atoms with Crippen LogP contribution >= 0.6 is 11.3 Å². The highest BCUT2D eigenvalue weighted by Gasteiger charge is 2.21. The maximum atomic E-state index is 5.27. The molecule has 0 aliphatic carbocycles. The molecule has 6 aromatic carbocycles. The second-order valence-electron chi connectivity index (χ2n) is 11.0. The first-order chi connectivity index (χ1) is 21.8. The summed E-state index contributed by atoms with van der Waals surface area (Å²) in [5.41, 5.74) is 8.55. The molecule has 9 aromatic rings. The van der Waals surface area contributed by atoms with Crippen molar-refractivity contribution >= 4 is 53.3 Å². The van der Waals surface area contributed by atoms with Crippen molar-refractivity contribution < 1.29 is 0 Å². The molecule has 0 spiro atoms. The zero-order valence-electron chi connectivity index (χ0n) is 23.7. The van der Waals surface area contributed by atoms with E-state index >= 15 is 0 Å². The molecule has 3 heterocycles. The Balaban J connectivity index is 1.42. The van der Waals surface area contributed by atoms with Crippen molar-refractivity contribution in [1.29, 1.82) is 0 Å². The minimum Gasteiger partial charge on any atom is -0.276 e. The van der Waals surface area contributed by atoms with Crippen LogP contribution in [-0.4, -0.2) is 14.5 Å². The lowest BCUT2D eigenvalue weighted by molar-refractivity contribution is 0.998. The van der Waals surface area contributed by atoms with Gasteiger partial charge in [0.15, 0.2) is 0 Å². The van der Waals surface area contributed by atoms with Crippen LogP contribution in [0.2, 0.25) is 0 Å². The maximum absolute atomic E-state index is 5.27. The highest BCUT2D eigenvalue weighted by Crippen LogP contribution is 2.43. The SMILES string of the molecule is c1ccc(-c2ccc3c(c2)c2ccc4c5ccccc5sc4c2n3-c2nc(-c3ccccc3)cc(-c3ccccc3)n2)cc1. The van der Waals surface area contributed by atoms with Crippen LogP contribution in [0.15, 0.2) is 152 Å². The van der Waals surface area contributed by atoms with Crippen molar-refractivity contribution in [3.8, 4) is 39.6 Å². The van der Waals surface area contributed by atoms with Gasteiger partial charge < -0.3 is 0 Å². The molecule has 0 N–H and O–H groups in total. The normalized spacial score (nSPS) is 11.6. The summed E-state index contributed by atoms with van der Waals surface area (Å²) in [5, 5.41) is 4.93. The van der Waals surface area contributed by atoms with Gasteiger partial charge in [-0.2, -0.15) is 0 Å². The Morgan fingerprint density at radius 1 is 0.432 bits per heavy atom. The molecule has 44 heavy (non-hydrogen) atoms. The zero-order chi connectivity index (χ0) is 29.0. The topological polar surface area (TPSA) is 30.7 Å². The van der Waals surface area contributed by atoms with Gasteiger partial charge >= 0.3 is 0 Å². The number of thiophene rings is 1. The number of rotatable bonds is 4. The van der Waals surface area contributed by atoms with E-state index in [0.29, 0.717) is 5.95 Å². The van der Waals surface area contributed by atoms with E-state index in [1.807, 2.05) is 23.5 Å². The van der Waals surface area contributed by atoms with Crippen LogP contribution in [0, 0.1) is 0 Å². The molecule has 0 unspecified atom stereocenters. The van der Waals surface area contributed by atoms with Crippen molar-refractivity contribution in [2.75, 3.05) is 0 Å². The van der Waals surface area contributed by atoms with Gasteiger partial charge in [-0.1, -0.05) is 127 Å². The fraction of sp³-hybridized carbons (Fsp3) is 0. The molecular weight excluding hydrogens is 555 g/mol. The largest absolute Gasteiger partial charge is 0.276 e. The van der Waals surface area contributed by atoms with Crippen LogP contribution in [0.25, 0.3) is 81.6 Å². The van der Waals surface area contributed by atoms with E-state index in [1.54, 1.807) is 0 Å². The van der Waals surface area contributed by atoms with Gasteiger partial charge in [0, 0.05) is 37.4 Å². The molecule has 0 radical (unpaired) electrons. The van der Waals surface area contributed by atoms with Gasteiger partial charge in [0.25, 0.3) is 0 Å². The third-order valence-electron chi connectivity index (χ3n) is 8.43. The van der Waals surface area contributed by atoms with E-state index in [0.717, 1.165) is 33.5 Å². The first kappa shape index (κ1) is 25.0. The maximum Gasteiger partial charge on any atom is 0.235 e. The summed E-state index contributed by atoms with van der Waals surface area (Å²) < 4.78 is 4.81. The van der Waals surface area contributed by atoms with Gasteiger partial charge in [0.1, 0.15) is 0 Å². The molecule has 3 nitrogen and oxygen atoms in total. The van der Waals surface area contributed by atoms with Crippen LogP contribution < -0.4 is 0 Å². The number of fused-ring (bicyclic) bond motifs is 7. The fourth-order valence-electron chi connectivity index (χ4n) is 6.35. The lowest BCUT2D eigenvalue weighted by atomic mass is 10.0. The van der Waals surface area contributed by atoms with E-state index in [1.165, 1.54) is 42.1 Å². The van der Waals surface area contributed by atoms with Gasteiger partial charge in [0.2, 0.25) is 5.95 Å². The minimum absolute atomic E-state index is 0.669. The molecule has 4 heteroatoms. The number of hydrogen-bond donors (Lipinski definition) is 0. The summed E-state index contributed by atoms with van der Waals surface area (Å²) in [4.78, 5) is 10.5. The average Bonchev–Trinajstić information content (AvgIpc) is 3.65. The van der Waals surface area contributed by atoms with Gasteiger partial charge in [-0.15, -0.1) is 11.3 Å². The molecule has 0 aliphatic rings. The lowest BCUT2D eigenvalue weighted by Gasteiger charge is -2.12. The zero-order valence-corrected chi connectivity index (χ0v) is 24.5. The van der Waals surface area contributed by atoms with Gasteiger partial charge in [0.05, 0.1) is 27.1 Å². The Kier molecular flexibility index (Phi) is 5.68. The monoisotopic (exact) mass is 579 g/mol. The second kappa shape index (κ2) is 10.0. The number of aromatic nitrogens is 3. The van der Waals surface area contributed by atoms with Crippen LogP contribution in [-0.2, 0) is 0 Å². The number of nitrogens with zero attached hydrogens (tertiary/aromatic N) is 3. The van der Waals surface area contributed by atoms with Gasteiger partial charge in [-0.3, -0.25) is 4.57 Å². The summed E-state index contributed by atoms with van der Waals surface area (Å²) in [6.07, 6.45) is 0. The first-order valence-electron chi connectivity index (χ1n) is 14.8.